The van der Waals surface area contributed by atoms with Crippen LogP contribution in [0.2, 0.25) is 0 Å². The van der Waals surface area contributed by atoms with Crippen LogP contribution in [0.15, 0.2) is 0 Å². The highest BCUT2D eigenvalue weighted by molar-refractivity contribution is 5.68. The Kier molecular flexibility index (Phi) is 6.51. The molecule has 2 atom stereocenters. The predicted molar refractivity (Wildman–Crippen MR) is 85.5 cm³/mol. The maximum absolute atomic E-state index is 12.2. The van der Waals surface area contributed by atoms with E-state index in [2.05, 4.69) is 20.8 Å². The Hall–Kier alpha value is -0.770. The number of hydrogen-bond donors (Lipinski definition) is 0. The molecule has 21 heavy (non-hydrogen) atoms. The summed E-state index contributed by atoms with van der Waals surface area (Å²) in [4.78, 5) is 13.9. The van der Waals surface area contributed by atoms with E-state index >= 15 is 0 Å². The molecule has 1 fully saturated rings. The molecule has 0 radical (unpaired) electrons. The molecule has 4 heteroatoms. The lowest BCUT2D eigenvalue weighted by molar-refractivity contribution is -0.0559. The van der Waals surface area contributed by atoms with Crippen LogP contribution in [0, 0.1) is 5.92 Å². The highest BCUT2D eigenvalue weighted by atomic mass is 16.6. The lowest BCUT2D eigenvalue weighted by Gasteiger charge is -2.30. The van der Waals surface area contributed by atoms with Crippen molar-refractivity contribution >= 4 is 6.09 Å². The van der Waals surface area contributed by atoms with E-state index in [0.29, 0.717) is 12.5 Å². The monoisotopic (exact) mass is 299 g/mol. The smallest absolute Gasteiger partial charge is 0.410 e. The Labute approximate surface area is 130 Å². The van der Waals surface area contributed by atoms with E-state index in [1.54, 1.807) is 4.90 Å². The molecule has 1 rings (SSSR count). The van der Waals surface area contributed by atoms with Crippen LogP contribution in [0.4, 0.5) is 4.79 Å². The van der Waals surface area contributed by atoms with Gasteiger partial charge >= 0.3 is 6.09 Å². The van der Waals surface area contributed by atoms with Crippen LogP contribution in [0.25, 0.3) is 0 Å². The Morgan fingerprint density at radius 2 is 2.00 bits per heavy atom. The highest BCUT2D eigenvalue weighted by Gasteiger charge is 2.41. The number of ether oxygens (including phenoxy) is 2. The number of rotatable bonds is 6. The normalized spacial score (nSPS) is 24.2. The maximum Gasteiger partial charge on any atom is 0.410 e. The van der Waals surface area contributed by atoms with Gasteiger partial charge in [0.1, 0.15) is 5.60 Å². The maximum atomic E-state index is 12.2. The minimum atomic E-state index is -0.439. The Morgan fingerprint density at radius 1 is 1.33 bits per heavy atom. The van der Waals surface area contributed by atoms with Crippen LogP contribution >= 0.6 is 0 Å². The third-order valence-electron chi connectivity index (χ3n) is 4.07. The van der Waals surface area contributed by atoms with Gasteiger partial charge in [-0.05, 0) is 46.0 Å². The van der Waals surface area contributed by atoms with E-state index < -0.39 is 5.60 Å². The van der Waals surface area contributed by atoms with Crippen molar-refractivity contribution < 1.29 is 14.3 Å². The molecule has 0 aromatic rings. The van der Waals surface area contributed by atoms with Crippen LogP contribution in [0.3, 0.4) is 0 Å². The number of amides is 1. The third-order valence-corrected chi connectivity index (χ3v) is 4.07. The quantitative estimate of drug-likeness (QED) is 0.736. The summed E-state index contributed by atoms with van der Waals surface area (Å²) in [5, 5.41) is 0. The van der Waals surface area contributed by atoms with Gasteiger partial charge in [-0.15, -0.1) is 0 Å². The molecule has 4 nitrogen and oxygen atoms in total. The van der Waals surface area contributed by atoms with Crippen molar-refractivity contribution in [2.24, 2.45) is 5.92 Å². The second-order valence-corrected chi connectivity index (χ2v) is 7.39. The van der Waals surface area contributed by atoms with Crippen LogP contribution in [0.5, 0.6) is 0 Å². The molecule has 1 heterocycles. The molecule has 1 amide bonds. The predicted octanol–water partition coefficient (Wildman–Crippen LogP) is 4.23. The summed E-state index contributed by atoms with van der Waals surface area (Å²) in [6.07, 6.45) is 4.00. The van der Waals surface area contributed by atoms with E-state index in [4.69, 9.17) is 9.47 Å². The van der Waals surface area contributed by atoms with Crippen molar-refractivity contribution in [2.45, 2.75) is 78.4 Å². The topological polar surface area (TPSA) is 38.8 Å². The van der Waals surface area contributed by atoms with Gasteiger partial charge in [-0.1, -0.05) is 27.2 Å². The van der Waals surface area contributed by atoms with Crippen LogP contribution in [-0.4, -0.2) is 41.9 Å². The molecule has 0 aromatic heterocycles. The van der Waals surface area contributed by atoms with E-state index in [1.165, 1.54) is 12.8 Å². The van der Waals surface area contributed by atoms with Crippen molar-refractivity contribution in [3.05, 3.63) is 0 Å². The standard InChI is InChI=1S/C17H33NO3/c1-7-9-14(3)12-20-17(8-2)10-11-18(13-17)15(19)21-16(4,5)6/h14H,7-13H2,1-6H3. The lowest BCUT2D eigenvalue weighted by atomic mass is 9.99. The molecule has 0 saturated carbocycles. The van der Waals surface area contributed by atoms with Crippen molar-refractivity contribution in [1.29, 1.82) is 0 Å². The molecule has 124 valence electrons. The summed E-state index contributed by atoms with van der Waals surface area (Å²) < 4.78 is 11.7. The summed E-state index contributed by atoms with van der Waals surface area (Å²) in [7, 11) is 0. The van der Waals surface area contributed by atoms with Crippen molar-refractivity contribution in [3.8, 4) is 0 Å². The third kappa shape index (κ3) is 5.85. The highest BCUT2D eigenvalue weighted by Crippen LogP contribution is 2.30. The first-order valence-electron chi connectivity index (χ1n) is 8.33. The van der Waals surface area contributed by atoms with Gasteiger partial charge in [0, 0.05) is 13.2 Å². The van der Waals surface area contributed by atoms with Crippen LogP contribution in [0.1, 0.15) is 67.2 Å². The lowest BCUT2D eigenvalue weighted by Crippen LogP contribution is -2.40. The fourth-order valence-corrected chi connectivity index (χ4v) is 2.73. The molecular formula is C17H33NO3. The van der Waals surface area contributed by atoms with Crippen molar-refractivity contribution in [2.75, 3.05) is 19.7 Å². The van der Waals surface area contributed by atoms with E-state index in [1.807, 2.05) is 20.8 Å². The second-order valence-electron chi connectivity index (χ2n) is 7.39. The van der Waals surface area contributed by atoms with Gasteiger partial charge in [0.15, 0.2) is 0 Å². The van der Waals surface area contributed by atoms with Crippen LogP contribution in [-0.2, 0) is 9.47 Å². The number of carbonyl (C=O) groups excluding carboxylic acids is 1. The Balaban J connectivity index is 2.53. The number of hydrogen-bond acceptors (Lipinski definition) is 3. The number of likely N-dealkylation sites (tertiary alicyclic amines) is 1. The molecule has 0 aliphatic carbocycles. The fourth-order valence-electron chi connectivity index (χ4n) is 2.73. The van der Waals surface area contributed by atoms with Gasteiger partial charge in [-0.3, -0.25) is 0 Å². The zero-order valence-electron chi connectivity index (χ0n) is 14.7. The average molecular weight is 299 g/mol. The van der Waals surface area contributed by atoms with Gasteiger partial charge in [0.2, 0.25) is 0 Å². The zero-order chi connectivity index (χ0) is 16.1. The van der Waals surface area contributed by atoms with Crippen LogP contribution < -0.4 is 0 Å². The van der Waals surface area contributed by atoms with Gasteiger partial charge in [0.25, 0.3) is 0 Å². The number of carbonyl (C=O) groups is 1. The zero-order valence-corrected chi connectivity index (χ0v) is 14.7. The summed E-state index contributed by atoms with van der Waals surface area (Å²) in [6.45, 7) is 14.4. The second kappa shape index (κ2) is 7.48. The first-order valence-corrected chi connectivity index (χ1v) is 8.33. The molecule has 0 N–H and O–H groups in total. The van der Waals surface area contributed by atoms with Crippen molar-refractivity contribution in [3.63, 3.8) is 0 Å². The summed E-state index contributed by atoms with van der Waals surface area (Å²) in [5.74, 6) is 0.578. The molecule has 1 saturated heterocycles. The molecule has 0 bridgehead atoms. The van der Waals surface area contributed by atoms with Gasteiger partial charge in [-0.25, -0.2) is 4.79 Å². The first kappa shape index (κ1) is 18.3. The summed E-state index contributed by atoms with van der Waals surface area (Å²) >= 11 is 0. The Morgan fingerprint density at radius 3 is 2.52 bits per heavy atom. The molecule has 0 spiro atoms. The molecule has 2 unspecified atom stereocenters. The fraction of sp³-hybridized carbons (Fsp3) is 0.941. The largest absolute Gasteiger partial charge is 0.444 e. The molecule has 1 aliphatic heterocycles. The average Bonchev–Trinajstić information content (AvgIpc) is 2.80. The summed E-state index contributed by atoms with van der Waals surface area (Å²) in [5.41, 5.74) is -0.621. The van der Waals surface area contributed by atoms with Gasteiger partial charge in [0.05, 0.1) is 12.1 Å². The van der Waals surface area contributed by atoms with Crippen molar-refractivity contribution in [1.82, 2.24) is 4.90 Å². The summed E-state index contributed by atoms with van der Waals surface area (Å²) in [6, 6.07) is 0. The minimum absolute atomic E-state index is 0.182. The van der Waals surface area contributed by atoms with E-state index in [9.17, 15) is 4.79 Å². The number of nitrogens with zero attached hydrogens (tertiary/aromatic N) is 1. The molecule has 0 aromatic carbocycles. The van der Waals surface area contributed by atoms with E-state index in [-0.39, 0.29) is 11.7 Å². The molecular weight excluding hydrogens is 266 g/mol. The van der Waals surface area contributed by atoms with E-state index in [0.717, 1.165) is 26.0 Å². The minimum Gasteiger partial charge on any atom is -0.444 e. The first-order chi connectivity index (χ1) is 9.71. The van der Waals surface area contributed by atoms with Gasteiger partial charge in [-0.2, -0.15) is 0 Å². The van der Waals surface area contributed by atoms with Gasteiger partial charge < -0.3 is 14.4 Å². The SMILES string of the molecule is CCCC(C)COC1(CC)CCN(C(=O)OC(C)(C)C)C1. The Bertz CT molecular complexity index is 337. The molecule has 1 aliphatic rings.